The molecule has 4 aliphatic rings. The number of carbonyl (C=O) groups is 1. The van der Waals surface area contributed by atoms with Crippen LogP contribution in [0.15, 0.2) is 35.8 Å². The number of nitrogens with one attached hydrogen (secondary N) is 1. The maximum atomic E-state index is 13.7. The highest BCUT2D eigenvalue weighted by molar-refractivity contribution is 7.15. The van der Waals surface area contributed by atoms with Gasteiger partial charge in [-0.1, -0.05) is 12.2 Å². The number of amides is 1. The van der Waals surface area contributed by atoms with Gasteiger partial charge in [-0.25, -0.2) is 0 Å². The molecule has 32 heavy (non-hydrogen) atoms. The largest absolute Gasteiger partial charge is 0.498 e. The highest BCUT2D eigenvalue weighted by Gasteiger charge is 2.42. The number of ether oxygens (including phenoxy) is 1. The van der Waals surface area contributed by atoms with Crippen LogP contribution in [0.25, 0.3) is 5.57 Å². The van der Waals surface area contributed by atoms with Crippen LogP contribution in [0.4, 0.5) is 5.69 Å². The fraction of sp³-hybridized carbons (Fsp3) is 0.560. The molecule has 0 saturated carbocycles. The van der Waals surface area contributed by atoms with Crippen LogP contribution < -0.4 is 5.32 Å². The molecule has 5 rings (SSSR count). The monoisotopic (exact) mass is 454 g/mol. The van der Waals surface area contributed by atoms with Crippen molar-refractivity contribution in [2.24, 2.45) is 0 Å². The first kappa shape index (κ1) is 21.6. The van der Waals surface area contributed by atoms with Gasteiger partial charge in [-0.2, -0.15) is 0 Å². The molecular formula is C25H34N4O2S. The van der Waals surface area contributed by atoms with E-state index in [-0.39, 0.29) is 17.6 Å². The summed E-state index contributed by atoms with van der Waals surface area (Å²) in [6.07, 6.45) is 9.66. The normalized spacial score (nSPS) is 28.9. The molecule has 1 aliphatic carbocycles. The Morgan fingerprint density at radius 2 is 2.09 bits per heavy atom. The Bertz CT molecular complexity index is 1010. The van der Waals surface area contributed by atoms with Crippen molar-refractivity contribution in [2.75, 3.05) is 45.2 Å². The first-order chi connectivity index (χ1) is 15.4. The van der Waals surface area contributed by atoms with E-state index in [9.17, 15) is 4.79 Å². The number of anilines is 1. The number of nitrogens with zero attached hydrogens (tertiary/aromatic N) is 3. The molecular weight excluding hydrogens is 420 g/mol. The highest BCUT2D eigenvalue weighted by Crippen LogP contribution is 2.43. The van der Waals surface area contributed by atoms with Crippen molar-refractivity contribution in [3.63, 3.8) is 0 Å². The smallest absolute Gasteiger partial charge is 0.268 e. The molecule has 3 aliphatic heterocycles. The van der Waals surface area contributed by atoms with Crippen molar-refractivity contribution in [1.29, 1.82) is 0 Å². The second-order valence-electron chi connectivity index (χ2n) is 9.65. The van der Waals surface area contributed by atoms with Crippen molar-refractivity contribution < 1.29 is 9.53 Å². The van der Waals surface area contributed by atoms with Gasteiger partial charge in [0.15, 0.2) is 0 Å². The Morgan fingerprint density at radius 3 is 2.81 bits per heavy atom. The van der Waals surface area contributed by atoms with Gasteiger partial charge in [0.1, 0.15) is 4.88 Å². The molecule has 1 amide bonds. The number of rotatable bonds is 3. The third-order valence-electron chi connectivity index (χ3n) is 7.26. The molecule has 7 heteroatoms. The average molecular weight is 455 g/mol. The minimum atomic E-state index is -0.344. The summed E-state index contributed by atoms with van der Waals surface area (Å²) in [5.74, 6) is 1.11. The van der Waals surface area contributed by atoms with Gasteiger partial charge in [-0.05, 0) is 59.3 Å². The maximum Gasteiger partial charge on any atom is 0.268 e. The van der Waals surface area contributed by atoms with Gasteiger partial charge < -0.3 is 24.8 Å². The van der Waals surface area contributed by atoms with Crippen LogP contribution in [0, 0.1) is 0 Å². The molecule has 0 spiro atoms. The van der Waals surface area contributed by atoms with Crippen LogP contribution in [0.1, 0.15) is 54.6 Å². The summed E-state index contributed by atoms with van der Waals surface area (Å²) in [5.41, 5.74) is 3.14. The van der Waals surface area contributed by atoms with Gasteiger partial charge in [0.2, 0.25) is 0 Å². The number of allylic oxidation sites excluding steroid dienone is 2. The fourth-order valence-corrected chi connectivity index (χ4v) is 6.53. The number of likely N-dealkylation sites (N-methyl/N-ethyl adjacent to an activating group) is 1. The van der Waals surface area contributed by atoms with E-state index in [4.69, 9.17) is 4.74 Å². The molecule has 1 N–H and O–H groups in total. The second kappa shape index (κ2) is 8.27. The van der Waals surface area contributed by atoms with Crippen molar-refractivity contribution in [1.82, 2.24) is 14.7 Å². The van der Waals surface area contributed by atoms with Gasteiger partial charge in [0.05, 0.1) is 29.8 Å². The molecule has 4 heterocycles. The molecule has 0 aromatic carbocycles. The van der Waals surface area contributed by atoms with Crippen LogP contribution in [0.3, 0.4) is 0 Å². The minimum absolute atomic E-state index is 0.0659. The third-order valence-corrected chi connectivity index (χ3v) is 8.45. The lowest BCUT2D eigenvalue weighted by molar-refractivity contribution is 0.0509. The number of hydrogen-bond acceptors (Lipinski definition) is 6. The van der Waals surface area contributed by atoms with Crippen molar-refractivity contribution in [3.8, 4) is 0 Å². The summed E-state index contributed by atoms with van der Waals surface area (Å²) in [5, 5.41) is 3.59. The molecule has 2 unspecified atom stereocenters. The Labute approximate surface area is 195 Å². The van der Waals surface area contributed by atoms with Crippen molar-refractivity contribution in [2.45, 2.75) is 51.7 Å². The van der Waals surface area contributed by atoms with Crippen LogP contribution >= 0.6 is 11.3 Å². The fourth-order valence-electron chi connectivity index (χ4n) is 5.35. The van der Waals surface area contributed by atoms with E-state index >= 15 is 0 Å². The predicted molar refractivity (Wildman–Crippen MR) is 131 cm³/mol. The zero-order valence-corrected chi connectivity index (χ0v) is 20.4. The predicted octanol–water partition coefficient (Wildman–Crippen LogP) is 4.35. The lowest BCUT2D eigenvalue weighted by Crippen LogP contribution is -2.57. The summed E-state index contributed by atoms with van der Waals surface area (Å²) in [6.45, 7) is 11.4. The maximum absolute atomic E-state index is 13.7. The van der Waals surface area contributed by atoms with Gasteiger partial charge in [0.25, 0.3) is 5.91 Å². The molecule has 1 saturated heterocycles. The zero-order chi connectivity index (χ0) is 22.5. The summed E-state index contributed by atoms with van der Waals surface area (Å²) < 4.78 is 5.65. The van der Waals surface area contributed by atoms with Gasteiger partial charge >= 0.3 is 0 Å². The Morgan fingerprint density at radius 1 is 1.25 bits per heavy atom. The molecule has 6 nitrogen and oxygen atoms in total. The average Bonchev–Trinajstić information content (AvgIpc) is 3.30. The first-order valence-corrected chi connectivity index (χ1v) is 12.6. The molecule has 2 atom stereocenters. The molecule has 1 aromatic rings. The minimum Gasteiger partial charge on any atom is -0.498 e. The van der Waals surface area contributed by atoms with Crippen molar-refractivity contribution >= 4 is 28.5 Å². The van der Waals surface area contributed by atoms with Crippen LogP contribution in [-0.2, 0) is 4.74 Å². The summed E-state index contributed by atoms with van der Waals surface area (Å²) in [4.78, 5) is 22.6. The van der Waals surface area contributed by atoms with E-state index in [1.165, 1.54) is 17.7 Å². The van der Waals surface area contributed by atoms with Gasteiger partial charge in [-0.15, -0.1) is 11.3 Å². The summed E-state index contributed by atoms with van der Waals surface area (Å²) >= 11 is 1.59. The Balaban J connectivity index is 1.36. The van der Waals surface area contributed by atoms with Gasteiger partial charge in [0, 0.05) is 42.2 Å². The highest BCUT2D eigenvalue weighted by atomic mass is 32.1. The number of thiophene rings is 1. The lowest BCUT2D eigenvalue weighted by Gasteiger charge is -2.46. The lowest BCUT2D eigenvalue weighted by atomic mass is 9.88. The van der Waals surface area contributed by atoms with E-state index in [1.54, 1.807) is 11.3 Å². The van der Waals surface area contributed by atoms with Crippen LogP contribution in [-0.4, -0.2) is 72.1 Å². The van der Waals surface area contributed by atoms with E-state index in [2.05, 4.69) is 60.3 Å². The Hall–Kier alpha value is -2.25. The first-order valence-electron chi connectivity index (χ1n) is 11.8. The standard InChI is InChI=1S/C25H34N4O2S/c1-17-20(8-15-31-17)22-16-21-23(32-22)24(30)29(18(2)26-21)25(3)9-6-19(7-10-25)28-12-5-11-27(4)13-14-28/h6-7,9,16,18,26H,5,8,10-15H2,1-4H3. The third kappa shape index (κ3) is 3.75. The Kier molecular flexibility index (Phi) is 5.58. The quantitative estimate of drug-likeness (QED) is 0.736. The second-order valence-corrected chi connectivity index (χ2v) is 10.7. The van der Waals surface area contributed by atoms with Crippen molar-refractivity contribution in [3.05, 3.63) is 45.5 Å². The van der Waals surface area contributed by atoms with E-state index in [0.717, 1.165) is 66.8 Å². The molecule has 1 aromatic heterocycles. The van der Waals surface area contributed by atoms with E-state index in [0.29, 0.717) is 0 Å². The van der Waals surface area contributed by atoms with E-state index in [1.807, 2.05) is 11.8 Å². The topological polar surface area (TPSA) is 48.1 Å². The molecule has 1 fully saturated rings. The molecule has 172 valence electrons. The SMILES string of the molecule is CC1=C(c2cc3c(s2)C(=O)N(C2(C)C=CC(N4CCCN(C)CC4)=CC2)C(C)N3)CCO1. The van der Waals surface area contributed by atoms with Crippen LogP contribution in [0.2, 0.25) is 0 Å². The van der Waals surface area contributed by atoms with Gasteiger partial charge in [-0.3, -0.25) is 4.79 Å². The van der Waals surface area contributed by atoms with E-state index < -0.39 is 0 Å². The van der Waals surface area contributed by atoms with Crippen LogP contribution in [0.5, 0.6) is 0 Å². The molecule has 0 radical (unpaired) electrons. The molecule has 0 bridgehead atoms. The summed E-state index contributed by atoms with van der Waals surface area (Å²) in [7, 11) is 2.20. The summed E-state index contributed by atoms with van der Waals surface area (Å²) in [6, 6.07) is 2.13. The number of carbonyl (C=O) groups excluding carboxylic acids is 1. The zero-order valence-electron chi connectivity index (χ0n) is 19.6. The number of hydrogen-bond donors (Lipinski definition) is 1. The number of fused-ring (bicyclic) bond motifs is 1.